The van der Waals surface area contributed by atoms with Gasteiger partial charge in [0.15, 0.2) is 5.82 Å². The van der Waals surface area contributed by atoms with E-state index >= 15 is 0 Å². The van der Waals surface area contributed by atoms with E-state index in [1.165, 1.54) is 12.1 Å². The molecule has 0 atom stereocenters. The lowest BCUT2D eigenvalue weighted by atomic mass is 10.3. The second-order valence-corrected chi connectivity index (χ2v) is 4.63. The van der Waals surface area contributed by atoms with E-state index in [-0.39, 0.29) is 5.82 Å². The highest BCUT2D eigenvalue weighted by molar-refractivity contribution is 5.53. The fourth-order valence-corrected chi connectivity index (χ4v) is 1.98. The Kier molecular flexibility index (Phi) is 3.02. The number of azo groups is 1. The zero-order chi connectivity index (χ0) is 14.1. The SMILES string of the molecule is Cc1ccn2c(N=Nc3ccc(F)cc3)c(C)nc2c1. The Morgan fingerprint density at radius 3 is 2.55 bits per heavy atom. The monoisotopic (exact) mass is 268 g/mol. The summed E-state index contributed by atoms with van der Waals surface area (Å²) >= 11 is 0. The summed E-state index contributed by atoms with van der Waals surface area (Å²) in [5, 5.41) is 8.35. The van der Waals surface area contributed by atoms with Gasteiger partial charge in [-0.2, -0.15) is 0 Å². The van der Waals surface area contributed by atoms with Crippen molar-refractivity contribution in [3.8, 4) is 0 Å². The zero-order valence-corrected chi connectivity index (χ0v) is 11.2. The summed E-state index contributed by atoms with van der Waals surface area (Å²) in [6.45, 7) is 3.91. The average molecular weight is 268 g/mol. The number of aromatic nitrogens is 2. The summed E-state index contributed by atoms with van der Waals surface area (Å²) in [7, 11) is 0. The van der Waals surface area contributed by atoms with Crippen LogP contribution in [0.25, 0.3) is 5.65 Å². The molecule has 3 rings (SSSR count). The van der Waals surface area contributed by atoms with Crippen LogP contribution in [0, 0.1) is 19.7 Å². The van der Waals surface area contributed by atoms with Crippen molar-refractivity contribution in [1.82, 2.24) is 9.38 Å². The predicted octanol–water partition coefficient (Wildman–Crippen LogP) is 4.51. The summed E-state index contributed by atoms with van der Waals surface area (Å²) in [4.78, 5) is 4.45. The van der Waals surface area contributed by atoms with Crippen molar-refractivity contribution in [3.63, 3.8) is 0 Å². The first-order valence-corrected chi connectivity index (χ1v) is 6.26. The molecule has 0 saturated heterocycles. The first kappa shape index (κ1) is 12.5. The molecule has 0 spiro atoms. The first-order chi connectivity index (χ1) is 9.63. The van der Waals surface area contributed by atoms with Crippen molar-refractivity contribution in [2.45, 2.75) is 13.8 Å². The normalized spacial score (nSPS) is 11.6. The number of nitrogens with zero attached hydrogens (tertiary/aromatic N) is 4. The van der Waals surface area contributed by atoms with Gasteiger partial charge in [-0.3, -0.25) is 4.40 Å². The molecule has 0 aliphatic heterocycles. The van der Waals surface area contributed by atoms with Crippen LogP contribution in [0.5, 0.6) is 0 Å². The fraction of sp³-hybridized carbons (Fsp3) is 0.133. The van der Waals surface area contributed by atoms with E-state index in [0.717, 1.165) is 16.9 Å². The van der Waals surface area contributed by atoms with Gasteiger partial charge < -0.3 is 0 Å². The Morgan fingerprint density at radius 1 is 1.05 bits per heavy atom. The zero-order valence-electron chi connectivity index (χ0n) is 11.2. The minimum atomic E-state index is -0.287. The van der Waals surface area contributed by atoms with Crippen LogP contribution >= 0.6 is 0 Å². The van der Waals surface area contributed by atoms with E-state index in [9.17, 15) is 4.39 Å². The number of aryl methyl sites for hydroxylation is 2. The third-order valence-corrected chi connectivity index (χ3v) is 3.01. The highest BCUT2D eigenvalue weighted by Gasteiger charge is 2.07. The summed E-state index contributed by atoms with van der Waals surface area (Å²) in [6.07, 6.45) is 1.92. The van der Waals surface area contributed by atoms with Crippen LogP contribution in [0.4, 0.5) is 15.9 Å². The van der Waals surface area contributed by atoms with Gasteiger partial charge in [-0.05, 0) is 55.8 Å². The number of hydrogen-bond acceptors (Lipinski definition) is 3. The topological polar surface area (TPSA) is 42.0 Å². The molecule has 100 valence electrons. The van der Waals surface area contributed by atoms with Gasteiger partial charge in [0, 0.05) is 6.20 Å². The molecule has 0 radical (unpaired) electrons. The molecule has 0 N–H and O–H groups in total. The average Bonchev–Trinajstić information content (AvgIpc) is 2.73. The molecule has 3 aromatic rings. The molecule has 5 heteroatoms. The van der Waals surface area contributed by atoms with Gasteiger partial charge >= 0.3 is 0 Å². The van der Waals surface area contributed by atoms with Crippen molar-refractivity contribution in [2.24, 2.45) is 10.2 Å². The Hall–Kier alpha value is -2.56. The molecule has 2 aromatic heterocycles. The molecular weight excluding hydrogens is 255 g/mol. The van der Waals surface area contributed by atoms with E-state index in [2.05, 4.69) is 15.2 Å². The minimum absolute atomic E-state index is 0.287. The van der Waals surface area contributed by atoms with Crippen molar-refractivity contribution in [3.05, 3.63) is 59.7 Å². The third-order valence-electron chi connectivity index (χ3n) is 3.01. The smallest absolute Gasteiger partial charge is 0.182 e. The summed E-state index contributed by atoms with van der Waals surface area (Å²) in [5.74, 6) is 0.398. The molecule has 0 bridgehead atoms. The van der Waals surface area contributed by atoms with E-state index in [1.807, 2.05) is 36.6 Å². The number of rotatable bonds is 2. The van der Waals surface area contributed by atoms with Gasteiger partial charge in [0.25, 0.3) is 0 Å². The number of imidazole rings is 1. The Bertz CT molecular complexity index is 787. The van der Waals surface area contributed by atoms with Crippen LogP contribution in [-0.2, 0) is 0 Å². The predicted molar refractivity (Wildman–Crippen MR) is 75.2 cm³/mol. The first-order valence-electron chi connectivity index (χ1n) is 6.26. The third kappa shape index (κ3) is 2.30. The lowest BCUT2D eigenvalue weighted by Crippen LogP contribution is -1.83. The summed E-state index contributed by atoms with van der Waals surface area (Å²) < 4.78 is 14.7. The molecule has 1 aromatic carbocycles. The van der Waals surface area contributed by atoms with Gasteiger partial charge in [-0.15, -0.1) is 10.2 Å². The summed E-state index contributed by atoms with van der Waals surface area (Å²) in [5.41, 5.74) is 3.40. The molecule has 0 unspecified atom stereocenters. The molecule has 0 amide bonds. The molecule has 0 aliphatic rings. The van der Waals surface area contributed by atoms with Crippen LogP contribution in [-0.4, -0.2) is 9.38 Å². The van der Waals surface area contributed by atoms with Crippen molar-refractivity contribution < 1.29 is 4.39 Å². The maximum atomic E-state index is 12.8. The number of halogens is 1. The van der Waals surface area contributed by atoms with Crippen LogP contribution in [0.15, 0.2) is 52.8 Å². The van der Waals surface area contributed by atoms with E-state index in [1.54, 1.807) is 12.1 Å². The van der Waals surface area contributed by atoms with Crippen molar-refractivity contribution >= 4 is 17.2 Å². The second-order valence-electron chi connectivity index (χ2n) is 4.63. The minimum Gasteiger partial charge on any atom is -0.283 e. The van der Waals surface area contributed by atoms with Crippen LogP contribution in [0.3, 0.4) is 0 Å². The number of fused-ring (bicyclic) bond motifs is 1. The maximum Gasteiger partial charge on any atom is 0.182 e. The van der Waals surface area contributed by atoms with Crippen LogP contribution < -0.4 is 0 Å². The van der Waals surface area contributed by atoms with Gasteiger partial charge in [-0.25, -0.2) is 9.37 Å². The molecule has 0 saturated carbocycles. The van der Waals surface area contributed by atoms with Crippen molar-refractivity contribution in [1.29, 1.82) is 0 Å². The molecule has 2 heterocycles. The van der Waals surface area contributed by atoms with E-state index < -0.39 is 0 Å². The Balaban J connectivity index is 2.02. The quantitative estimate of drug-likeness (QED) is 0.631. The van der Waals surface area contributed by atoms with Gasteiger partial charge in [0.05, 0.1) is 11.4 Å². The van der Waals surface area contributed by atoms with E-state index in [4.69, 9.17) is 0 Å². The van der Waals surface area contributed by atoms with Gasteiger partial charge in [-0.1, -0.05) is 0 Å². The lowest BCUT2D eigenvalue weighted by Gasteiger charge is -1.97. The molecular formula is C15H13FN4. The maximum absolute atomic E-state index is 12.8. The largest absolute Gasteiger partial charge is 0.283 e. The fourth-order valence-electron chi connectivity index (χ4n) is 1.98. The number of hydrogen-bond donors (Lipinski definition) is 0. The lowest BCUT2D eigenvalue weighted by molar-refractivity contribution is 0.628. The highest BCUT2D eigenvalue weighted by Crippen LogP contribution is 2.24. The molecule has 20 heavy (non-hydrogen) atoms. The van der Waals surface area contributed by atoms with Gasteiger partial charge in [0.1, 0.15) is 11.5 Å². The highest BCUT2D eigenvalue weighted by atomic mass is 19.1. The van der Waals surface area contributed by atoms with Crippen LogP contribution in [0.1, 0.15) is 11.3 Å². The Labute approximate surface area is 115 Å². The van der Waals surface area contributed by atoms with Gasteiger partial charge in [0.2, 0.25) is 0 Å². The molecule has 4 nitrogen and oxygen atoms in total. The van der Waals surface area contributed by atoms with Crippen LogP contribution in [0.2, 0.25) is 0 Å². The number of pyridine rings is 1. The number of benzene rings is 1. The van der Waals surface area contributed by atoms with Crippen molar-refractivity contribution in [2.75, 3.05) is 0 Å². The Morgan fingerprint density at radius 2 is 1.80 bits per heavy atom. The molecule has 0 fully saturated rings. The molecule has 0 aliphatic carbocycles. The van der Waals surface area contributed by atoms with E-state index in [0.29, 0.717) is 11.5 Å². The standard InChI is InChI=1S/C15H13FN4/c1-10-7-8-20-14(9-10)17-11(2)15(20)19-18-13-5-3-12(16)4-6-13/h3-9H,1-2H3. The second kappa shape index (κ2) is 4.85. The summed E-state index contributed by atoms with van der Waals surface area (Å²) in [6, 6.07) is 9.87.